The van der Waals surface area contributed by atoms with Crippen molar-refractivity contribution in [3.05, 3.63) is 59.4 Å². The topological polar surface area (TPSA) is 30.9 Å². The maximum absolute atomic E-state index is 13.4. The average molecular weight is 357 g/mol. The van der Waals surface area contributed by atoms with E-state index in [1.54, 1.807) is 7.11 Å². The van der Waals surface area contributed by atoms with Crippen molar-refractivity contribution in [3.8, 4) is 11.5 Å². The summed E-state index contributed by atoms with van der Waals surface area (Å²) in [4.78, 5) is 2.38. The zero-order valence-electron chi connectivity index (χ0n) is 15.0. The predicted molar refractivity (Wildman–Crippen MR) is 96.8 cm³/mol. The maximum atomic E-state index is 13.4. The third-order valence-corrected chi connectivity index (χ3v) is 5.44. The van der Waals surface area contributed by atoms with Gasteiger partial charge in [-0.3, -0.25) is 4.90 Å². The van der Waals surface area contributed by atoms with Gasteiger partial charge in [0, 0.05) is 20.2 Å². The molecule has 5 heteroatoms. The van der Waals surface area contributed by atoms with Gasteiger partial charge in [0.15, 0.2) is 11.5 Å². The first-order valence-corrected chi connectivity index (χ1v) is 9.16. The number of rotatable bonds is 5. The van der Waals surface area contributed by atoms with E-state index in [2.05, 4.69) is 17.0 Å². The van der Waals surface area contributed by atoms with E-state index in [1.807, 2.05) is 18.2 Å². The highest BCUT2D eigenvalue weighted by molar-refractivity contribution is 5.44. The largest absolute Gasteiger partial charge is 0.454 e. The lowest BCUT2D eigenvalue weighted by atomic mass is 9.90. The Balaban J connectivity index is 1.54. The summed E-state index contributed by atoms with van der Waals surface area (Å²) in [7, 11) is 1.75. The molecule has 4 nitrogen and oxygen atoms in total. The normalized spacial score (nSPS) is 22.5. The van der Waals surface area contributed by atoms with Gasteiger partial charge in [-0.2, -0.15) is 0 Å². The molecule has 0 bridgehead atoms. The van der Waals surface area contributed by atoms with Crippen molar-refractivity contribution in [2.45, 2.75) is 31.4 Å². The summed E-state index contributed by atoms with van der Waals surface area (Å²) in [6.45, 7) is 2.13. The van der Waals surface area contributed by atoms with Crippen molar-refractivity contribution in [2.75, 3.05) is 27.0 Å². The monoisotopic (exact) mass is 357 g/mol. The Hall–Kier alpha value is -2.11. The van der Waals surface area contributed by atoms with Crippen LogP contribution in [0.4, 0.5) is 4.39 Å². The maximum Gasteiger partial charge on any atom is 0.231 e. The molecule has 2 aromatic rings. The molecular weight excluding hydrogens is 333 g/mol. The van der Waals surface area contributed by atoms with E-state index in [9.17, 15) is 4.39 Å². The molecular formula is C21H24FNO3. The van der Waals surface area contributed by atoms with Gasteiger partial charge >= 0.3 is 0 Å². The molecule has 2 aliphatic rings. The van der Waals surface area contributed by atoms with E-state index < -0.39 is 5.72 Å². The van der Waals surface area contributed by atoms with E-state index in [0.717, 1.165) is 55.8 Å². The van der Waals surface area contributed by atoms with Crippen molar-refractivity contribution in [2.24, 2.45) is 0 Å². The summed E-state index contributed by atoms with van der Waals surface area (Å²) < 4.78 is 30.3. The van der Waals surface area contributed by atoms with Crippen molar-refractivity contribution in [1.82, 2.24) is 4.90 Å². The number of likely N-dealkylation sites (tertiary alicyclic amines) is 1. The first-order valence-electron chi connectivity index (χ1n) is 9.16. The summed E-state index contributed by atoms with van der Waals surface area (Å²) in [5.74, 6) is 1.41. The molecule has 0 saturated carbocycles. The molecule has 138 valence electrons. The highest BCUT2D eigenvalue weighted by atomic mass is 19.1. The Bertz CT molecular complexity index is 764. The van der Waals surface area contributed by atoms with E-state index in [4.69, 9.17) is 14.2 Å². The van der Waals surface area contributed by atoms with Gasteiger partial charge < -0.3 is 14.2 Å². The molecule has 1 atom stereocenters. The van der Waals surface area contributed by atoms with E-state index in [1.165, 1.54) is 17.7 Å². The molecule has 0 amide bonds. The minimum absolute atomic E-state index is 0.220. The Kier molecular flexibility index (Phi) is 4.83. The molecule has 2 heterocycles. The average Bonchev–Trinajstić information content (AvgIpc) is 3.15. The van der Waals surface area contributed by atoms with Crippen LogP contribution in [0.3, 0.4) is 0 Å². The lowest BCUT2D eigenvalue weighted by molar-refractivity contribution is -0.164. The van der Waals surface area contributed by atoms with Gasteiger partial charge in [0.25, 0.3) is 0 Å². The van der Waals surface area contributed by atoms with Crippen LogP contribution in [0.5, 0.6) is 11.5 Å². The molecule has 1 fully saturated rings. The predicted octanol–water partition coefficient (Wildman–Crippen LogP) is 4.08. The number of hydrogen-bond donors (Lipinski definition) is 0. The van der Waals surface area contributed by atoms with Crippen LogP contribution in [-0.4, -0.2) is 31.9 Å². The molecule has 0 aliphatic carbocycles. The number of methoxy groups -OCH3 is 1. The zero-order valence-corrected chi connectivity index (χ0v) is 15.0. The van der Waals surface area contributed by atoms with Gasteiger partial charge in [-0.15, -0.1) is 0 Å². The highest BCUT2D eigenvalue weighted by Crippen LogP contribution is 2.39. The lowest BCUT2D eigenvalue weighted by Gasteiger charge is -2.46. The van der Waals surface area contributed by atoms with Crippen LogP contribution < -0.4 is 9.47 Å². The number of fused-ring (bicyclic) bond motifs is 1. The first-order chi connectivity index (χ1) is 12.7. The zero-order chi connectivity index (χ0) is 18.0. The number of benzene rings is 2. The van der Waals surface area contributed by atoms with Crippen molar-refractivity contribution >= 4 is 0 Å². The molecule has 2 aliphatic heterocycles. The molecule has 4 rings (SSSR count). The molecule has 0 spiro atoms. The first kappa shape index (κ1) is 17.3. The fourth-order valence-electron chi connectivity index (χ4n) is 4.05. The quantitative estimate of drug-likeness (QED) is 0.807. The minimum atomic E-state index is -0.484. The van der Waals surface area contributed by atoms with Gasteiger partial charge in [0.1, 0.15) is 11.5 Å². The lowest BCUT2D eigenvalue weighted by Crippen LogP contribution is -2.51. The van der Waals surface area contributed by atoms with Gasteiger partial charge in [-0.25, -0.2) is 4.39 Å². The number of nitrogens with zero attached hydrogens (tertiary/aromatic N) is 1. The van der Waals surface area contributed by atoms with Gasteiger partial charge in [-0.1, -0.05) is 18.2 Å². The molecule has 1 saturated heterocycles. The van der Waals surface area contributed by atoms with Crippen molar-refractivity contribution < 1.29 is 18.6 Å². The van der Waals surface area contributed by atoms with E-state index in [0.29, 0.717) is 6.79 Å². The fraction of sp³-hybridized carbons (Fsp3) is 0.429. The Morgan fingerprint density at radius 2 is 1.88 bits per heavy atom. The number of halogens is 1. The summed E-state index contributed by atoms with van der Waals surface area (Å²) in [5, 5.41) is 0. The fourth-order valence-corrected chi connectivity index (χ4v) is 4.05. The Labute approximate surface area is 153 Å². The minimum Gasteiger partial charge on any atom is -0.454 e. The summed E-state index contributed by atoms with van der Waals surface area (Å²) >= 11 is 0. The number of ether oxygens (including phenoxy) is 3. The van der Waals surface area contributed by atoms with Crippen LogP contribution in [0.1, 0.15) is 30.4 Å². The molecule has 0 aromatic heterocycles. The molecule has 26 heavy (non-hydrogen) atoms. The number of hydrogen-bond acceptors (Lipinski definition) is 4. The van der Waals surface area contributed by atoms with Gasteiger partial charge in [0.05, 0.1) is 0 Å². The standard InChI is InChI=1S/C21H24FNO3/c1-24-21(17-5-7-18(22)8-6-17)11-2-3-12-23(21)13-10-16-4-9-19-20(14-16)26-15-25-19/h4-9,14H,2-3,10-13,15H2,1H3. The third-order valence-electron chi connectivity index (χ3n) is 5.44. The van der Waals surface area contributed by atoms with E-state index >= 15 is 0 Å². The second-order valence-corrected chi connectivity index (χ2v) is 6.88. The summed E-state index contributed by atoms with van der Waals surface area (Å²) in [5.41, 5.74) is 1.75. The van der Waals surface area contributed by atoms with Crippen LogP contribution in [0.2, 0.25) is 0 Å². The van der Waals surface area contributed by atoms with Crippen LogP contribution in [0.15, 0.2) is 42.5 Å². The number of piperidine rings is 1. The van der Waals surface area contributed by atoms with Gasteiger partial charge in [-0.05, 0) is 61.1 Å². The Morgan fingerprint density at radius 3 is 2.69 bits per heavy atom. The van der Waals surface area contributed by atoms with Gasteiger partial charge in [0.2, 0.25) is 6.79 Å². The smallest absolute Gasteiger partial charge is 0.231 e. The SMILES string of the molecule is COC1(c2ccc(F)cc2)CCCCN1CCc1ccc2c(c1)OCO2. The highest BCUT2D eigenvalue weighted by Gasteiger charge is 2.40. The van der Waals surface area contributed by atoms with Crippen molar-refractivity contribution in [1.29, 1.82) is 0 Å². The second kappa shape index (κ2) is 7.25. The second-order valence-electron chi connectivity index (χ2n) is 6.88. The van der Waals surface area contributed by atoms with Crippen LogP contribution in [0.25, 0.3) is 0 Å². The van der Waals surface area contributed by atoms with Crippen molar-refractivity contribution in [3.63, 3.8) is 0 Å². The molecule has 0 radical (unpaired) electrons. The summed E-state index contributed by atoms with van der Waals surface area (Å²) in [6, 6.07) is 12.8. The van der Waals surface area contributed by atoms with Crippen LogP contribution in [-0.2, 0) is 16.9 Å². The molecule has 0 N–H and O–H groups in total. The Morgan fingerprint density at radius 1 is 1.08 bits per heavy atom. The van der Waals surface area contributed by atoms with Crippen LogP contribution >= 0.6 is 0 Å². The molecule has 1 unspecified atom stereocenters. The van der Waals surface area contributed by atoms with E-state index in [-0.39, 0.29) is 5.82 Å². The molecule has 2 aromatic carbocycles. The van der Waals surface area contributed by atoms with Crippen LogP contribution in [0, 0.1) is 5.82 Å². The third kappa shape index (κ3) is 3.17. The summed E-state index contributed by atoms with van der Waals surface area (Å²) in [6.07, 6.45) is 4.05.